The minimum Gasteiger partial charge on any atom is -0.393 e. The zero-order valence-electron chi connectivity index (χ0n) is 14.3. The highest BCUT2D eigenvalue weighted by atomic mass is 16.3. The van der Waals surface area contributed by atoms with Crippen molar-refractivity contribution < 1.29 is 5.11 Å². The topological polar surface area (TPSA) is 20.2 Å². The fourth-order valence-corrected chi connectivity index (χ4v) is 7.84. The first-order valence-electron chi connectivity index (χ1n) is 9.64. The molecule has 8 atom stereocenters. The van der Waals surface area contributed by atoms with Crippen molar-refractivity contribution in [3.8, 4) is 0 Å². The van der Waals surface area contributed by atoms with Crippen LogP contribution in [0, 0.1) is 40.4 Å². The average molecular weight is 290 g/mol. The molecule has 0 saturated heterocycles. The lowest BCUT2D eigenvalue weighted by atomic mass is 9.44. The van der Waals surface area contributed by atoms with E-state index < -0.39 is 0 Å². The molecular weight excluding hydrogens is 256 g/mol. The van der Waals surface area contributed by atoms with E-state index in [-0.39, 0.29) is 6.10 Å². The Morgan fingerprint density at radius 2 is 1.62 bits per heavy atom. The van der Waals surface area contributed by atoms with E-state index in [1.165, 1.54) is 51.4 Å². The van der Waals surface area contributed by atoms with E-state index >= 15 is 0 Å². The maximum Gasteiger partial charge on any atom is 0.0573 e. The zero-order chi connectivity index (χ0) is 14.8. The van der Waals surface area contributed by atoms with E-state index in [2.05, 4.69) is 20.8 Å². The maximum atomic E-state index is 10.5. The maximum absolute atomic E-state index is 10.5. The molecule has 0 aliphatic heterocycles. The largest absolute Gasteiger partial charge is 0.393 e. The van der Waals surface area contributed by atoms with Gasteiger partial charge in [-0.1, -0.05) is 27.2 Å². The van der Waals surface area contributed by atoms with E-state index in [9.17, 15) is 5.11 Å². The van der Waals surface area contributed by atoms with Crippen molar-refractivity contribution in [2.75, 3.05) is 0 Å². The molecule has 4 rings (SSSR count). The van der Waals surface area contributed by atoms with Crippen molar-refractivity contribution >= 4 is 0 Å². The summed E-state index contributed by atoms with van der Waals surface area (Å²) in [5.41, 5.74) is 1.10. The molecule has 1 N–H and O–H groups in total. The first kappa shape index (κ1) is 14.5. The quantitative estimate of drug-likeness (QED) is 0.663. The smallest absolute Gasteiger partial charge is 0.0573 e. The lowest BCUT2D eigenvalue weighted by molar-refractivity contribution is -0.144. The third-order valence-electron chi connectivity index (χ3n) is 8.78. The van der Waals surface area contributed by atoms with E-state index in [0.29, 0.717) is 16.7 Å². The third kappa shape index (κ3) is 1.92. The van der Waals surface area contributed by atoms with Crippen molar-refractivity contribution in [1.82, 2.24) is 0 Å². The molecule has 4 saturated carbocycles. The van der Waals surface area contributed by atoms with Gasteiger partial charge >= 0.3 is 0 Å². The number of aliphatic hydroxyl groups excluding tert-OH is 1. The summed E-state index contributed by atoms with van der Waals surface area (Å²) < 4.78 is 0. The molecular formula is C20H34O. The van der Waals surface area contributed by atoms with Crippen LogP contribution in [0.4, 0.5) is 0 Å². The number of hydrogen-bond acceptors (Lipinski definition) is 1. The fraction of sp³-hybridized carbons (Fsp3) is 1.00. The fourth-order valence-electron chi connectivity index (χ4n) is 7.84. The van der Waals surface area contributed by atoms with Crippen molar-refractivity contribution in [2.45, 2.75) is 84.7 Å². The van der Waals surface area contributed by atoms with Crippen molar-refractivity contribution in [3.05, 3.63) is 0 Å². The number of rotatable bonds is 0. The van der Waals surface area contributed by atoms with Gasteiger partial charge in [0.1, 0.15) is 0 Å². The Bertz CT molecular complexity index is 418. The average Bonchev–Trinajstić information content (AvgIpc) is 2.74. The van der Waals surface area contributed by atoms with Gasteiger partial charge in [-0.2, -0.15) is 0 Å². The number of hydrogen-bond donors (Lipinski definition) is 1. The SMILES string of the molecule is CC1CC[C@@]2(C)CC[C@H]3[C@@H](CC[C@H]4C(O)CCC[C@@]43C)[C@H]12. The molecule has 0 heterocycles. The van der Waals surface area contributed by atoms with E-state index in [4.69, 9.17) is 0 Å². The molecule has 4 aliphatic rings. The van der Waals surface area contributed by atoms with Crippen LogP contribution in [0.5, 0.6) is 0 Å². The van der Waals surface area contributed by atoms with Crippen LogP contribution in [-0.4, -0.2) is 11.2 Å². The van der Waals surface area contributed by atoms with Gasteiger partial charge in [0.25, 0.3) is 0 Å². The monoisotopic (exact) mass is 290 g/mol. The second kappa shape index (κ2) is 4.73. The molecule has 0 aromatic rings. The van der Waals surface area contributed by atoms with Gasteiger partial charge in [-0.3, -0.25) is 0 Å². The Balaban J connectivity index is 1.67. The van der Waals surface area contributed by atoms with Crippen LogP contribution < -0.4 is 0 Å². The lowest BCUT2D eigenvalue weighted by Crippen LogP contribution is -2.55. The first-order chi connectivity index (χ1) is 9.96. The molecule has 0 spiro atoms. The highest BCUT2D eigenvalue weighted by molar-refractivity contribution is 5.09. The summed E-state index contributed by atoms with van der Waals surface area (Å²) in [4.78, 5) is 0. The summed E-state index contributed by atoms with van der Waals surface area (Å²) in [7, 11) is 0. The molecule has 1 heteroatoms. The van der Waals surface area contributed by atoms with Gasteiger partial charge in [-0.15, -0.1) is 0 Å². The number of aliphatic hydroxyl groups is 1. The summed E-state index contributed by atoms with van der Waals surface area (Å²) in [6, 6.07) is 0. The molecule has 21 heavy (non-hydrogen) atoms. The molecule has 120 valence electrons. The minimum atomic E-state index is -0.000915. The Labute approximate surface area is 130 Å². The Morgan fingerprint density at radius 3 is 2.43 bits per heavy atom. The third-order valence-corrected chi connectivity index (χ3v) is 8.78. The summed E-state index contributed by atoms with van der Waals surface area (Å²) in [5, 5.41) is 10.5. The van der Waals surface area contributed by atoms with Crippen LogP contribution >= 0.6 is 0 Å². The van der Waals surface area contributed by atoms with Crippen LogP contribution in [0.1, 0.15) is 78.6 Å². The van der Waals surface area contributed by atoms with Gasteiger partial charge < -0.3 is 5.11 Å². The molecule has 2 unspecified atom stereocenters. The van der Waals surface area contributed by atoms with E-state index in [0.717, 1.165) is 30.1 Å². The van der Waals surface area contributed by atoms with Crippen LogP contribution in [-0.2, 0) is 0 Å². The molecule has 0 amide bonds. The molecule has 0 bridgehead atoms. The molecule has 0 aromatic heterocycles. The molecule has 4 fully saturated rings. The molecule has 4 aliphatic carbocycles. The summed E-state index contributed by atoms with van der Waals surface area (Å²) in [6.07, 6.45) is 12.3. The van der Waals surface area contributed by atoms with Gasteiger partial charge in [0, 0.05) is 0 Å². The van der Waals surface area contributed by atoms with E-state index in [1.807, 2.05) is 0 Å². The van der Waals surface area contributed by atoms with Crippen molar-refractivity contribution in [3.63, 3.8) is 0 Å². The number of fused-ring (bicyclic) bond motifs is 5. The molecule has 0 aromatic carbocycles. The predicted octanol–water partition coefficient (Wildman–Crippen LogP) is 5.03. The Hall–Kier alpha value is -0.0400. The molecule has 1 nitrogen and oxygen atoms in total. The van der Waals surface area contributed by atoms with Crippen LogP contribution in [0.2, 0.25) is 0 Å². The van der Waals surface area contributed by atoms with Gasteiger partial charge in [0.05, 0.1) is 6.10 Å². The standard InChI is InChI=1S/C20H34O/c1-13-8-11-19(2)12-9-15-14(18(13)19)6-7-16-17(21)5-4-10-20(15,16)3/h13-18,21H,4-12H2,1-3H3/t13?,14-,15+,16+,17?,18+,19+,20-/m1/s1. The van der Waals surface area contributed by atoms with Crippen LogP contribution in [0.3, 0.4) is 0 Å². The second-order valence-electron chi connectivity index (χ2n) is 9.65. The highest BCUT2D eigenvalue weighted by Gasteiger charge is 2.59. The van der Waals surface area contributed by atoms with Gasteiger partial charge in [-0.25, -0.2) is 0 Å². The zero-order valence-corrected chi connectivity index (χ0v) is 14.3. The Morgan fingerprint density at radius 1 is 0.857 bits per heavy atom. The summed E-state index contributed by atoms with van der Waals surface area (Å²) in [6.45, 7) is 7.68. The summed E-state index contributed by atoms with van der Waals surface area (Å²) >= 11 is 0. The van der Waals surface area contributed by atoms with E-state index in [1.54, 1.807) is 0 Å². The normalized spacial score (nSPS) is 60.0. The first-order valence-corrected chi connectivity index (χ1v) is 9.64. The van der Waals surface area contributed by atoms with Gasteiger partial charge in [-0.05, 0) is 91.8 Å². The minimum absolute atomic E-state index is 0.000915. The molecule has 0 radical (unpaired) electrons. The Kier molecular flexibility index (Phi) is 3.27. The lowest BCUT2D eigenvalue weighted by Gasteiger charge is -2.61. The predicted molar refractivity (Wildman–Crippen MR) is 86.9 cm³/mol. The van der Waals surface area contributed by atoms with Crippen molar-refractivity contribution in [2.24, 2.45) is 40.4 Å². The van der Waals surface area contributed by atoms with Gasteiger partial charge in [0.2, 0.25) is 0 Å². The highest BCUT2D eigenvalue weighted by Crippen LogP contribution is 2.67. The van der Waals surface area contributed by atoms with Crippen LogP contribution in [0.25, 0.3) is 0 Å². The second-order valence-corrected chi connectivity index (χ2v) is 9.65. The van der Waals surface area contributed by atoms with Crippen LogP contribution in [0.15, 0.2) is 0 Å². The van der Waals surface area contributed by atoms with Gasteiger partial charge in [0.15, 0.2) is 0 Å². The van der Waals surface area contributed by atoms with Crippen molar-refractivity contribution in [1.29, 1.82) is 0 Å². The summed E-state index contributed by atoms with van der Waals surface area (Å²) in [5.74, 6) is 4.40.